The zero-order valence-electron chi connectivity index (χ0n) is 16.5. The van der Waals surface area contributed by atoms with Crippen molar-refractivity contribution in [1.82, 2.24) is 10.2 Å². The van der Waals surface area contributed by atoms with Gasteiger partial charge in [0, 0.05) is 36.6 Å². The third-order valence-corrected chi connectivity index (χ3v) is 6.04. The van der Waals surface area contributed by atoms with Crippen LogP contribution in [0.3, 0.4) is 0 Å². The van der Waals surface area contributed by atoms with Crippen molar-refractivity contribution in [1.29, 1.82) is 0 Å². The van der Waals surface area contributed by atoms with Gasteiger partial charge in [-0.2, -0.15) is 0 Å². The van der Waals surface area contributed by atoms with Crippen molar-refractivity contribution in [3.05, 3.63) is 66.2 Å². The van der Waals surface area contributed by atoms with E-state index in [0.29, 0.717) is 16.9 Å². The smallest absolute Gasteiger partial charge is 0.255 e. The highest BCUT2D eigenvalue weighted by molar-refractivity contribution is 7.91. The molecule has 0 aliphatic heterocycles. The summed E-state index contributed by atoms with van der Waals surface area (Å²) in [7, 11) is 0.508. The summed E-state index contributed by atoms with van der Waals surface area (Å²) in [5, 5.41) is 10.6. The van der Waals surface area contributed by atoms with E-state index in [4.69, 9.17) is 0 Å². The maximum atomic E-state index is 12.4. The largest absolute Gasteiger partial charge is 0.378 e. The van der Waals surface area contributed by atoms with E-state index in [1.807, 2.05) is 31.1 Å². The lowest BCUT2D eigenvalue weighted by molar-refractivity contribution is 0.102. The lowest BCUT2D eigenvalue weighted by Crippen LogP contribution is -2.13. The molecule has 2 aromatic carbocycles. The normalized spacial score (nSPS) is 11.1. The molecule has 7 nitrogen and oxygen atoms in total. The molecule has 0 spiro atoms. The van der Waals surface area contributed by atoms with Crippen LogP contribution in [0.5, 0.6) is 0 Å². The van der Waals surface area contributed by atoms with Gasteiger partial charge in [0.2, 0.25) is 0 Å². The Morgan fingerprint density at radius 1 is 0.931 bits per heavy atom. The van der Waals surface area contributed by atoms with E-state index in [0.717, 1.165) is 11.3 Å². The number of nitrogens with one attached hydrogen (secondary N) is 1. The highest BCUT2D eigenvalue weighted by Gasteiger charge is 2.14. The number of rotatable bonds is 6. The van der Waals surface area contributed by atoms with Crippen molar-refractivity contribution in [2.45, 2.75) is 11.9 Å². The second-order valence-corrected chi connectivity index (χ2v) is 8.86. The fourth-order valence-electron chi connectivity index (χ4n) is 2.63. The van der Waals surface area contributed by atoms with Crippen LogP contribution in [-0.4, -0.2) is 44.4 Å². The first-order chi connectivity index (χ1) is 13.8. The SMILES string of the molecule is CCS(=O)(=O)c1ccc(-c2ccc(NC(=O)c3ccc(N(C)C)cc3)cc2)nn1. The zero-order valence-corrected chi connectivity index (χ0v) is 17.3. The molecule has 0 atom stereocenters. The maximum absolute atomic E-state index is 12.4. The molecule has 0 fully saturated rings. The first kappa shape index (κ1) is 20.5. The molecule has 1 N–H and O–H groups in total. The quantitative estimate of drug-likeness (QED) is 0.671. The van der Waals surface area contributed by atoms with Gasteiger partial charge >= 0.3 is 0 Å². The predicted octanol–water partition coefficient (Wildman–Crippen LogP) is 3.26. The van der Waals surface area contributed by atoms with Gasteiger partial charge < -0.3 is 10.2 Å². The van der Waals surface area contributed by atoms with Gasteiger partial charge in [0.1, 0.15) is 0 Å². The van der Waals surface area contributed by atoms with Gasteiger partial charge in [0.05, 0.1) is 11.4 Å². The molecule has 1 heterocycles. The average Bonchev–Trinajstić information content (AvgIpc) is 2.74. The lowest BCUT2D eigenvalue weighted by atomic mass is 10.1. The summed E-state index contributed by atoms with van der Waals surface area (Å²) in [6.07, 6.45) is 0. The first-order valence-electron chi connectivity index (χ1n) is 9.06. The third-order valence-electron chi connectivity index (χ3n) is 4.42. The number of hydrogen-bond acceptors (Lipinski definition) is 6. The van der Waals surface area contributed by atoms with E-state index in [9.17, 15) is 13.2 Å². The first-order valence-corrected chi connectivity index (χ1v) is 10.7. The van der Waals surface area contributed by atoms with Gasteiger partial charge in [-0.3, -0.25) is 4.79 Å². The minimum Gasteiger partial charge on any atom is -0.378 e. The van der Waals surface area contributed by atoms with E-state index in [1.165, 1.54) is 6.07 Å². The second-order valence-electron chi connectivity index (χ2n) is 6.63. The Hall–Kier alpha value is -3.26. The van der Waals surface area contributed by atoms with E-state index in [1.54, 1.807) is 49.4 Å². The molecule has 150 valence electrons. The topological polar surface area (TPSA) is 92.3 Å². The average molecular weight is 410 g/mol. The van der Waals surface area contributed by atoms with Crippen LogP contribution in [-0.2, 0) is 9.84 Å². The Kier molecular flexibility index (Phi) is 5.93. The number of aromatic nitrogens is 2. The highest BCUT2D eigenvalue weighted by atomic mass is 32.2. The molecule has 0 aliphatic carbocycles. The van der Waals surface area contributed by atoms with Crippen molar-refractivity contribution in [3.8, 4) is 11.3 Å². The van der Waals surface area contributed by atoms with Crippen molar-refractivity contribution in [3.63, 3.8) is 0 Å². The van der Waals surface area contributed by atoms with Crippen LogP contribution >= 0.6 is 0 Å². The monoisotopic (exact) mass is 410 g/mol. The Balaban J connectivity index is 1.70. The van der Waals surface area contributed by atoms with Gasteiger partial charge in [-0.15, -0.1) is 10.2 Å². The number of amides is 1. The van der Waals surface area contributed by atoms with Gasteiger partial charge in [-0.1, -0.05) is 19.1 Å². The summed E-state index contributed by atoms with van der Waals surface area (Å²) < 4.78 is 23.6. The Labute approximate surface area is 170 Å². The van der Waals surface area contributed by atoms with Crippen molar-refractivity contribution >= 4 is 27.1 Å². The minimum atomic E-state index is -3.38. The molecule has 8 heteroatoms. The summed E-state index contributed by atoms with van der Waals surface area (Å²) in [5.41, 5.74) is 3.56. The molecule has 0 radical (unpaired) electrons. The minimum absolute atomic E-state index is 0.0205. The summed E-state index contributed by atoms with van der Waals surface area (Å²) in [6.45, 7) is 1.56. The summed E-state index contributed by atoms with van der Waals surface area (Å²) in [6, 6.07) is 17.5. The Morgan fingerprint density at radius 3 is 2.10 bits per heavy atom. The molecule has 0 saturated carbocycles. The molecule has 0 aliphatic rings. The predicted molar refractivity (Wildman–Crippen MR) is 114 cm³/mol. The van der Waals surface area contributed by atoms with Crippen molar-refractivity contribution in [2.75, 3.05) is 30.1 Å². The molecular formula is C21H22N4O3S. The standard InChI is InChI=1S/C21H22N4O3S/c1-4-29(27,28)20-14-13-19(23-24-20)15-5-9-17(10-6-15)22-21(26)16-7-11-18(12-8-16)25(2)3/h5-14H,4H2,1-3H3,(H,22,26). The lowest BCUT2D eigenvalue weighted by Gasteiger charge is -2.12. The highest BCUT2D eigenvalue weighted by Crippen LogP contribution is 2.21. The molecule has 1 aromatic heterocycles. The number of sulfone groups is 1. The van der Waals surface area contributed by atoms with Gasteiger partial charge in [0.25, 0.3) is 5.91 Å². The summed E-state index contributed by atoms with van der Waals surface area (Å²) in [5.74, 6) is -0.218. The van der Waals surface area contributed by atoms with Crippen LogP contribution in [0.4, 0.5) is 11.4 Å². The van der Waals surface area contributed by atoms with E-state index >= 15 is 0 Å². The second kappa shape index (κ2) is 8.40. The molecule has 0 unspecified atom stereocenters. The number of anilines is 2. The van der Waals surface area contributed by atoms with Gasteiger partial charge in [-0.25, -0.2) is 8.42 Å². The van der Waals surface area contributed by atoms with Gasteiger partial charge in [0.15, 0.2) is 14.9 Å². The van der Waals surface area contributed by atoms with Crippen LogP contribution in [0.1, 0.15) is 17.3 Å². The van der Waals surface area contributed by atoms with E-state index < -0.39 is 9.84 Å². The Morgan fingerprint density at radius 2 is 1.59 bits per heavy atom. The van der Waals surface area contributed by atoms with Crippen molar-refractivity contribution in [2.24, 2.45) is 0 Å². The summed E-state index contributed by atoms with van der Waals surface area (Å²) >= 11 is 0. The van der Waals surface area contributed by atoms with Crippen LogP contribution in [0.2, 0.25) is 0 Å². The fraction of sp³-hybridized carbons (Fsp3) is 0.190. The number of benzene rings is 2. The fourth-order valence-corrected chi connectivity index (χ4v) is 3.36. The number of carbonyl (C=O) groups excluding carboxylic acids is 1. The molecule has 3 aromatic rings. The maximum Gasteiger partial charge on any atom is 0.255 e. The number of nitrogens with zero attached hydrogens (tertiary/aromatic N) is 3. The molecular weight excluding hydrogens is 388 g/mol. The number of carbonyl (C=O) groups is 1. The molecule has 0 saturated heterocycles. The van der Waals surface area contributed by atoms with Crippen LogP contribution < -0.4 is 10.2 Å². The molecule has 3 rings (SSSR count). The Bertz CT molecular complexity index is 1090. The van der Waals surface area contributed by atoms with Gasteiger partial charge in [-0.05, 0) is 48.5 Å². The third kappa shape index (κ3) is 4.78. The summed E-state index contributed by atoms with van der Waals surface area (Å²) in [4.78, 5) is 14.4. The van der Waals surface area contributed by atoms with E-state index in [2.05, 4.69) is 15.5 Å². The van der Waals surface area contributed by atoms with Crippen LogP contribution in [0.25, 0.3) is 11.3 Å². The number of hydrogen-bond donors (Lipinski definition) is 1. The zero-order chi connectivity index (χ0) is 21.0. The van der Waals surface area contributed by atoms with E-state index in [-0.39, 0.29) is 16.7 Å². The van der Waals surface area contributed by atoms with Crippen molar-refractivity contribution < 1.29 is 13.2 Å². The van der Waals surface area contributed by atoms with Crippen LogP contribution in [0, 0.1) is 0 Å². The molecule has 29 heavy (non-hydrogen) atoms. The van der Waals surface area contributed by atoms with Crippen LogP contribution in [0.15, 0.2) is 65.7 Å². The molecule has 1 amide bonds. The molecule has 0 bridgehead atoms.